The SMILES string of the molecule is CC(=O)c1ccc2c(c1)OCC1CCCCCC1COc1cc(C(C)=O)ccc1-2. The average molecular weight is 392 g/mol. The lowest BCUT2D eigenvalue weighted by Crippen LogP contribution is -2.27. The first-order valence-electron chi connectivity index (χ1n) is 10.6. The summed E-state index contributed by atoms with van der Waals surface area (Å²) in [6.45, 7) is 4.42. The molecule has 4 nitrogen and oxygen atoms in total. The first kappa shape index (κ1) is 19.7. The Kier molecular flexibility index (Phi) is 5.70. The molecule has 2 aromatic rings. The number of carbonyl (C=O) groups is 2. The lowest BCUT2D eigenvalue weighted by molar-refractivity contribution is 0.100. The van der Waals surface area contributed by atoms with E-state index in [-0.39, 0.29) is 11.6 Å². The molecule has 0 spiro atoms. The number of Topliss-reactive ketones (excluding diaryl/α,β-unsaturated/α-hetero) is 2. The highest BCUT2D eigenvalue weighted by atomic mass is 16.5. The first-order valence-corrected chi connectivity index (χ1v) is 10.6. The van der Waals surface area contributed by atoms with Gasteiger partial charge in [-0.05, 0) is 62.8 Å². The average Bonchev–Trinajstić information content (AvgIpc) is 2.95. The molecule has 152 valence electrons. The summed E-state index contributed by atoms with van der Waals surface area (Å²) in [6, 6.07) is 11.2. The van der Waals surface area contributed by atoms with Gasteiger partial charge in [0.1, 0.15) is 11.5 Å². The van der Waals surface area contributed by atoms with E-state index in [1.165, 1.54) is 19.3 Å². The van der Waals surface area contributed by atoms with Crippen molar-refractivity contribution in [1.29, 1.82) is 0 Å². The zero-order valence-corrected chi connectivity index (χ0v) is 17.2. The lowest BCUT2D eigenvalue weighted by atomic mass is 9.89. The third-order valence-electron chi connectivity index (χ3n) is 6.29. The molecule has 0 saturated heterocycles. The molecule has 1 aliphatic carbocycles. The van der Waals surface area contributed by atoms with E-state index < -0.39 is 0 Å². The number of hydrogen-bond acceptors (Lipinski definition) is 4. The molecule has 0 N–H and O–H groups in total. The van der Waals surface area contributed by atoms with Crippen molar-refractivity contribution < 1.29 is 19.1 Å². The number of ketones is 2. The quantitative estimate of drug-likeness (QED) is 0.613. The largest absolute Gasteiger partial charge is 0.493 e. The van der Waals surface area contributed by atoms with Gasteiger partial charge in [0.15, 0.2) is 11.6 Å². The number of hydrogen-bond donors (Lipinski definition) is 0. The molecule has 1 saturated carbocycles. The Morgan fingerprint density at radius 1 is 0.724 bits per heavy atom. The van der Waals surface area contributed by atoms with E-state index in [0.29, 0.717) is 47.7 Å². The highest BCUT2D eigenvalue weighted by molar-refractivity contribution is 5.97. The van der Waals surface area contributed by atoms with Gasteiger partial charge in [0, 0.05) is 22.3 Å². The van der Waals surface area contributed by atoms with Crippen LogP contribution in [0.4, 0.5) is 0 Å². The maximum Gasteiger partial charge on any atom is 0.159 e. The second-order valence-corrected chi connectivity index (χ2v) is 8.31. The van der Waals surface area contributed by atoms with Crippen molar-refractivity contribution in [3.05, 3.63) is 47.5 Å². The van der Waals surface area contributed by atoms with Crippen molar-refractivity contribution >= 4 is 11.6 Å². The van der Waals surface area contributed by atoms with Gasteiger partial charge < -0.3 is 9.47 Å². The predicted molar refractivity (Wildman–Crippen MR) is 113 cm³/mol. The first-order chi connectivity index (χ1) is 14.0. The van der Waals surface area contributed by atoms with Crippen molar-refractivity contribution in [3.8, 4) is 22.6 Å². The van der Waals surface area contributed by atoms with Crippen LogP contribution in [0.25, 0.3) is 11.1 Å². The summed E-state index contributed by atoms with van der Waals surface area (Å²) in [5.74, 6) is 2.33. The van der Waals surface area contributed by atoms with E-state index >= 15 is 0 Å². The molecule has 29 heavy (non-hydrogen) atoms. The van der Waals surface area contributed by atoms with Crippen LogP contribution >= 0.6 is 0 Å². The maximum atomic E-state index is 11.9. The highest BCUT2D eigenvalue weighted by Crippen LogP contribution is 2.40. The third kappa shape index (κ3) is 4.21. The fraction of sp³-hybridized carbons (Fsp3) is 0.440. The molecule has 0 aromatic heterocycles. The summed E-state index contributed by atoms with van der Waals surface area (Å²) < 4.78 is 12.7. The van der Waals surface area contributed by atoms with Crippen LogP contribution in [0.1, 0.15) is 66.7 Å². The smallest absolute Gasteiger partial charge is 0.159 e. The van der Waals surface area contributed by atoms with E-state index in [0.717, 1.165) is 24.0 Å². The molecule has 1 heterocycles. The monoisotopic (exact) mass is 392 g/mol. The van der Waals surface area contributed by atoms with Gasteiger partial charge in [0.25, 0.3) is 0 Å². The Morgan fingerprint density at radius 3 is 1.59 bits per heavy atom. The number of rotatable bonds is 2. The molecule has 0 radical (unpaired) electrons. The Balaban J connectivity index is 1.82. The highest BCUT2D eigenvalue weighted by Gasteiger charge is 2.27. The predicted octanol–water partition coefficient (Wildman–Crippen LogP) is 5.73. The topological polar surface area (TPSA) is 52.6 Å². The normalized spacial score (nSPS) is 21.3. The van der Waals surface area contributed by atoms with Gasteiger partial charge in [0.05, 0.1) is 13.2 Å². The molecule has 1 aliphatic heterocycles. The summed E-state index contributed by atoms with van der Waals surface area (Å²) in [5, 5.41) is 0. The zero-order chi connectivity index (χ0) is 20.4. The summed E-state index contributed by atoms with van der Waals surface area (Å²) in [7, 11) is 0. The number of ether oxygens (including phenoxy) is 2. The third-order valence-corrected chi connectivity index (χ3v) is 6.29. The van der Waals surface area contributed by atoms with Crippen LogP contribution in [0.3, 0.4) is 0 Å². The fourth-order valence-electron chi connectivity index (χ4n) is 4.46. The Bertz CT molecular complexity index is 855. The second kappa shape index (κ2) is 8.40. The molecule has 4 heteroatoms. The molecule has 1 fully saturated rings. The summed E-state index contributed by atoms with van der Waals surface area (Å²) in [5.41, 5.74) is 3.07. The van der Waals surface area contributed by atoms with Crippen molar-refractivity contribution in [2.75, 3.05) is 13.2 Å². The lowest BCUT2D eigenvalue weighted by Gasteiger charge is -2.28. The van der Waals surface area contributed by atoms with Crippen LogP contribution in [0.5, 0.6) is 11.5 Å². The van der Waals surface area contributed by atoms with Gasteiger partial charge in [-0.2, -0.15) is 0 Å². The molecule has 4 rings (SSSR count). The fourth-order valence-corrected chi connectivity index (χ4v) is 4.46. The van der Waals surface area contributed by atoms with E-state index in [1.54, 1.807) is 13.8 Å². The summed E-state index contributed by atoms with van der Waals surface area (Å²) in [6.07, 6.45) is 5.96. The van der Waals surface area contributed by atoms with E-state index in [1.807, 2.05) is 36.4 Å². The maximum absolute atomic E-state index is 11.9. The Labute approximate surface area is 172 Å². The van der Waals surface area contributed by atoms with Gasteiger partial charge in [-0.1, -0.05) is 31.4 Å². The number of benzene rings is 2. The van der Waals surface area contributed by atoms with Crippen LogP contribution in [0.15, 0.2) is 36.4 Å². The van der Waals surface area contributed by atoms with Gasteiger partial charge in [-0.15, -0.1) is 0 Å². The van der Waals surface area contributed by atoms with Crippen LogP contribution in [0, 0.1) is 11.8 Å². The van der Waals surface area contributed by atoms with Crippen LogP contribution in [0.2, 0.25) is 0 Å². The molecule has 2 atom stereocenters. The standard InChI is InChI=1S/C25H28O4/c1-16(26)18-8-10-22-23-11-9-19(17(2)27)13-25(23)29-15-21-7-5-3-4-6-20(21)14-28-24(22)12-18/h8-13,20-21H,3-7,14-15H2,1-2H3. The zero-order valence-electron chi connectivity index (χ0n) is 17.2. The molecule has 0 bridgehead atoms. The molecule has 2 aliphatic rings. The molecular weight excluding hydrogens is 364 g/mol. The van der Waals surface area contributed by atoms with Crippen molar-refractivity contribution in [3.63, 3.8) is 0 Å². The van der Waals surface area contributed by atoms with Crippen molar-refractivity contribution in [2.45, 2.75) is 46.0 Å². The molecule has 2 aromatic carbocycles. The van der Waals surface area contributed by atoms with Gasteiger partial charge >= 0.3 is 0 Å². The van der Waals surface area contributed by atoms with Gasteiger partial charge in [-0.3, -0.25) is 9.59 Å². The van der Waals surface area contributed by atoms with Crippen molar-refractivity contribution in [2.24, 2.45) is 11.8 Å². The Morgan fingerprint density at radius 2 is 1.17 bits per heavy atom. The van der Waals surface area contributed by atoms with Gasteiger partial charge in [-0.25, -0.2) is 0 Å². The van der Waals surface area contributed by atoms with Crippen LogP contribution in [-0.4, -0.2) is 24.8 Å². The number of carbonyl (C=O) groups excluding carboxylic acids is 2. The molecule has 0 amide bonds. The Hall–Kier alpha value is -2.62. The minimum atomic E-state index is 0.0178. The minimum Gasteiger partial charge on any atom is -0.493 e. The molecule has 2 unspecified atom stereocenters. The molecular formula is C25H28O4. The summed E-state index contributed by atoms with van der Waals surface area (Å²) in [4.78, 5) is 23.9. The van der Waals surface area contributed by atoms with E-state index in [4.69, 9.17) is 9.47 Å². The van der Waals surface area contributed by atoms with Gasteiger partial charge in [0.2, 0.25) is 0 Å². The minimum absolute atomic E-state index is 0.0178. The second-order valence-electron chi connectivity index (χ2n) is 8.31. The van der Waals surface area contributed by atoms with Crippen LogP contribution in [-0.2, 0) is 0 Å². The summed E-state index contributed by atoms with van der Waals surface area (Å²) >= 11 is 0. The van der Waals surface area contributed by atoms with Crippen molar-refractivity contribution in [1.82, 2.24) is 0 Å². The van der Waals surface area contributed by atoms with Crippen LogP contribution < -0.4 is 9.47 Å². The van der Waals surface area contributed by atoms with E-state index in [2.05, 4.69) is 0 Å². The number of fused-ring (bicyclic) bond motifs is 4. The van der Waals surface area contributed by atoms with E-state index in [9.17, 15) is 9.59 Å².